The van der Waals surface area contributed by atoms with Gasteiger partial charge in [-0.3, -0.25) is 9.52 Å². The molecule has 1 aliphatic heterocycles. The van der Waals surface area contributed by atoms with Gasteiger partial charge in [0.2, 0.25) is 0 Å². The summed E-state index contributed by atoms with van der Waals surface area (Å²) in [6.45, 7) is 3.90. The molecule has 3 aromatic rings. The minimum Gasteiger partial charge on any atom is -0.508 e. The molecule has 2 N–H and O–H groups in total. The minimum absolute atomic E-state index is 0.0116. The van der Waals surface area contributed by atoms with E-state index >= 15 is 0 Å². The van der Waals surface area contributed by atoms with Crippen LogP contribution in [0, 0.1) is 0 Å². The number of sulfonamides is 1. The highest BCUT2D eigenvalue weighted by molar-refractivity contribution is 7.92. The summed E-state index contributed by atoms with van der Waals surface area (Å²) in [5.74, 6) is -0.878. The van der Waals surface area contributed by atoms with Crippen LogP contribution in [0.2, 0.25) is 0 Å². The number of likely N-dealkylation sites (N-methyl/N-ethyl adjacent to an activating group) is 1. The SMILES string of the molecule is CCCC1(CCc2ccc(O)cc2)CC(=O)C(N(CC)c2cccc(NS(=O)(=O)c3ccc(C(F)(F)F)cn3)c2)C(=O)O1. The molecule has 1 saturated heterocycles. The molecule has 9 nitrogen and oxygen atoms in total. The van der Waals surface area contributed by atoms with Gasteiger partial charge in [-0.15, -0.1) is 0 Å². The summed E-state index contributed by atoms with van der Waals surface area (Å²) in [4.78, 5) is 31.9. The largest absolute Gasteiger partial charge is 0.508 e. The maximum Gasteiger partial charge on any atom is 0.417 e. The van der Waals surface area contributed by atoms with Crippen LogP contribution in [-0.4, -0.2) is 48.4 Å². The number of carbonyl (C=O) groups is 2. The Labute approximate surface area is 247 Å². The number of phenols is 1. The van der Waals surface area contributed by atoms with Gasteiger partial charge in [0, 0.05) is 24.8 Å². The Morgan fingerprint density at radius 2 is 1.79 bits per heavy atom. The minimum atomic E-state index is -4.67. The summed E-state index contributed by atoms with van der Waals surface area (Å²) < 4.78 is 72.5. The highest BCUT2D eigenvalue weighted by Gasteiger charge is 2.48. The highest BCUT2D eigenvalue weighted by Crippen LogP contribution is 2.36. The zero-order chi connectivity index (χ0) is 31.4. The van der Waals surface area contributed by atoms with Crippen LogP contribution in [0.25, 0.3) is 0 Å². The Balaban J connectivity index is 1.52. The number of nitrogens with zero attached hydrogens (tertiary/aromatic N) is 2. The summed E-state index contributed by atoms with van der Waals surface area (Å²) in [5, 5.41) is 8.94. The van der Waals surface area contributed by atoms with Gasteiger partial charge in [0.05, 0.1) is 11.3 Å². The van der Waals surface area contributed by atoms with Gasteiger partial charge in [0.25, 0.3) is 10.0 Å². The van der Waals surface area contributed by atoms with Crippen LogP contribution in [-0.2, 0) is 36.9 Å². The predicted octanol–water partition coefficient (Wildman–Crippen LogP) is 5.49. The molecule has 0 aliphatic carbocycles. The predicted molar refractivity (Wildman–Crippen MR) is 153 cm³/mol. The summed E-state index contributed by atoms with van der Waals surface area (Å²) in [6, 6.07) is 12.8. The fraction of sp³-hybridized carbons (Fsp3) is 0.367. The fourth-order valence-corrected chi connectivity index (χ4v) is 6.20. The second kappa shape index (κ2) is 12.6. The number of phenolic OH excluding ortho intramolecular Hbond substituents is 1. The summed E-state index contributed by atoms with van der Waals surface area (Å²) in [6.07, 6.45) is -2.06. The molecule has 0 bridgehead atoms. The Morgan fingerprint density at radius 1 is 1.07 bits per heavy atom. The first kappa shape index (κ1) is 31.8. The molecule has 13 heteroatoms. The molecule has 0 radical (unpaired) electrons. The van der Waals surface area contributed by atoms with Gasteiger partial charge in [-0.25, -0.2) is 9.78 Å². The van der Waals surface area contributed by atoms with Gasteiger partial charge in [0.1, 0.15) is 11.4 Å². The van der Waals surface area contributed by atoms with Crippen molar-refractivity contribution >= 4 is 33.2 Å². The van der Waals surface area contributed by atoms with Gasteiger partial charge < -0.3 is 14.7 Å². The van der Waals surface area contributed by atoms with E-state index in [9.17, 15) is 36.3 Å². The number of rotatable bonds is 11. The average molecular weight is 620 g/mol. The zero-order valence-corrected chi connectivity index (χ0v) is 24.4. The number of pyridine rings is 1. The van der Waals surface area contributed by atoms with Crippen molar-refractivity contribution in [2.45, 2.75) is 68.8 Å². The number of hydrogen-bond donors (Lipinski definition) is 2. The molecule has 1 fully saturated rings. The zero-order valence-electron chi connectivity index (χ0n) is 23.6. The number of ether oxygens (including phenoxy) is 1. The third-order valence-corrected chi connectivity index (χ3v) is 8.57. The van der Waals surface area contributed by atoms with E-state index in [4.69, 9.17) is 4.74 Å². The van der Waals surface area contributed by atoms with E-state index < -0.39 is 44.4 Å². The second-order valence-electron chi connectivity index (χ2n) is 10.4. The fourth-order valence-electron chi connectivity index (χ4n) is 5.22. The molecule has 4 rings (SSSR count). The molecular formula is C30H32F3N3O6S. The number of halogens is 3. The number of alkyl halides is 3. The van der Waals surface area contributed by atoms with Gasteiger partial charge in [-0.05, 0) is 74.2 Å². The van der Waals surface area contributed by atoms with E-state index in [0.29, 0.717) is 43.6 Å². The van der Waals surface area contributed by atoms with E-state index in [1.165, 1.54) is 23.1 Å². The number of ketones is 1. The molecule has 0 spiro atoms. The van der Waals surface area contributed by atoms with Crippen molar-refractivity contribution in [1.29, 1.82) is 0 Å². The van der Waals surface area contributed by atoms with Crippen molar-refractivity contribution in [2.75, 3.05) is 16.2 Å². The Hall–Kier alpha value is -4.13. The molecular weight excluding hydrogens is 587 g/mol. The lowest BCUT2D eigenvalue weighted by molar-refractivity contribution is -0.174. The molecule has 230 valence electrons. The van der Waals surface area contributed by atoms with Crippen molar-refractivity contribution in [3.8, 4) is 5.75 Å². The van der Waals surface area contributed by atoms with Crippen molar-refractivity contribution in [2.24, 2.45) is 0 Å². The second-order valence-corrected chi connectivity index (χ2v) is 12.0. The van der Waals surface area contributed by atoms with Gasteiger partial charge in [-0.1, -0.05) is 31.5 Å². The van der Waals surface area contributed by atoms with Crippen LogP contribution in [0.1, 0.15) is 50.7 Å². The summed E-state index contributed by atoms with van der Waals surface area (Å²) in [5.41, 5.74) is -0.698. The van der Waals surface area contributed by atoms with Gasteiger partial charge in [0.15, 0.2) is 16.9 Å². The number of anilines is 2. The molecule has 1 aliphatic rings. The maximum atomic E-state index is 13.5. The van der Waals surface area contributed by atoms with Crippen LogP contribution in [0.4, 0.5) is 24.5 Å². The number of hydrogen-bond acceptors (Lipinski definition) is 8. The number of benzene rings is 2. The lowest BCUT2D eigenvalue weighted by atomic mass is 9.82. The quantitative estimate of drug-likeness (QED) is 0.213. The molecule has 0 saturated carbocycles. The van der Waals surface area contributed by atoms with Crippen LogP contribution in [0.3, 0.4) is 0 Å². The average Bonchev–Trinajstić information content (AvgIpc) is 2.94. The Bertz CT molecular complexity index is 1540. The Kier molecular flexibility index (Phi) is 9.33. The number of aromatic nitrogens is 1. The number of nitrogens with one attached hydrogen (secondary N) is 1. The van der Waals surface area contributed by atoms with E-state index in [1.807, 2.05) is 6.92 Å². The van der Waals surface area contributed by atoms with Gasteiger partial charge in [-0.2, -0.15) is 21.6 Å². The third-order valence-electron chi connectivity index (χ3n) is 7.27. The first-order valence-electron chi connectivity index (χ1n) is 13.7. The first-order valence-corrected chi connectivity index (χ1v) is 15.2. The standard InChI is InChI=1S/C30H32F3N3O6S/c1-3-15-29(16-14-20-8-11-24(37)12-9-20)18-25(38)27(28(39)42-29)36(4-2)23-7-5-6-22(17-23)35-43(40,41)26-13-10-21(19-34-26)30(31,32)33/h5-13,17,19,27,35,37H,3-4,14-16,18H2,1-2H3. The van der Waals surface area contributed by atoms with Crippen LogP contribution in [0.15, 0.2) is 71.9 Å². The van der Waals surface area contributed by atoms with Crippen molar-refractivity contribution in [3.63, 3.8) is 0 Å². The molecule has 2 heterocycles. The Morgan fingerprint density at radius 3 is 2.37 bits per heavy atom. The number of esters is 1. The van der Waals surface area contributed by atoms with E-state index in [-0.39, 0.29) is 30.2 Å². The first-order chi connectivity index (χ1) is 20.3. The lowest BCUT2D eigenvalue weighted by Gasteiger charge is -2.42. The normalized spacial score (nSPS) is 19.1. The number of carbonyl (C=O) groups excluding carboxylic acids is 2. The van der Waals surface area contributed by atoms with Crippen LogP contribution >= 0.6 is 0 Å². The van der Waals surface area contributed by atoms with Crippen LogP contribution in [0.5, 0.6) is 5.75 Å². The van der Waals surface area contributed by atoms with E-state index in [2.05, 4.69) is 9.71 Å². The van der Waals surface area contributed by atoms with E-state index in [1.54, 1.807) is 37.3 Å². The molecule has 43 heavy (non-hydrogen) atoms. The van der Waals surface area contributed by atoms with E-state index in [0.717, 1.165) is 11.6 Å². The molecule has 2 aromatic carbocycles. The summed E-state index contributed by atoms with van der Waals surface area (Å²) >= 11 is 0. The number of aryl methyl sites for hydroxylation is 1. The molecule has 0 amide bonds. The number of aromatic hydroxyl groups is 1. The number of Topliss-reactive ketones (excluding diaryl/α,β-unsaturated/α-hetero) is 1. The maximum absolute atomic E-state index is 13.5. The number of cyclic esters (lactones) is 1. The smallest absolute Gasteiger partial charge is 0.417 e. The van der Waals surface area contributed by atoms with Crippen molar-refractivity contribution in [3.05, 3.63) is 78.0 Å². The molecule has 2 unspecified atom stereocenters. The van der Waals surface area contributed by atoms with Gasteiger partial charge >= 0.3 is 12.1 Å². The molecule has 1 aromatic heterocycles. The highest BCUT2D eigenvalue weighted by atomic mass is 32.2. The topological polar surface area (TPSA) is 126 Å². The van der Waals surface area contributed by atoms with Crippen molar-refractivity contribution in [1.82, 2.24) is 4.98 Å². The summed E-state index contributed by atoms with van der Waals surface area (Å²) in [7, 11) is -4.34. The van der Waals surface area contributed by atoms with Crippen LogP contribution < -0.4 is 9.62 Å². The third kappa shape index (κ3) is 7.45. The molecule has 2 atom stereocenters. The lowest BCUT2D eigenvalue weighted by Crippen LogP contribution is -2.57. The monoisotopic (exact) mass is 619 g/mol. The van der Waals surface area contributed by atoms with Crippen molar-refractivity contribution < 1.29 is 41.0 Å².